The van der Waals surface area contributed by atoms with Crippen molar-refractivity contribution in [2.45, 2.75) is 25.9 Å². The van der Waals surface area contributed by atoms with E-state index in [1.54, 1.807) is 36.8 Å². The van der Waals surface area contributed by atoms with Crippen molar-refractivity contribution in [2.75, 3.05) is 26.4 Å². The molecule has 2 aliphatic heterocycles. The minimum absolute atomic E-state index is 0.0351. The lowest BCUT2D eigenvalue weighted by Gasteiger charge is -2.26. The molecule has 186 valence electrons. The Morgan fingerprint density at radius 3 is 2.72 bits per heavy atom. The number of amides is 1. The zero-order valence-corrected chi connectivity index (χ0v) is 19.9. The molecule has 3 heterocycles. The molecule has 1 amide bonds. The maximum atomic E-state index is 13.3. The highest BCUT2D eigenvalue weighted by Crippen LogP contribution is 2.41. The highest BCUT2D eigenvalue weighted by Gasteiger charge is 2.46. The molecule has 0 unspecified atom stereocenters. The van der Waals surface area contributed by atoms with E-state index in [4.69, 9.17) is 14.2 Å². The maximum absolute atomic E-state index is 13.3. The third kappa shape index (κ3) is 4.51. The zero-order valence-electron chi connectivity index (χ0n) is 19.9. The summed E-state index contributed by atoms with van der Waals surface area (Å²) >= 11 is 0. The van der Waals surface area contributed by atoms with Gasteiger partial charge < -0.3 is 28.8 Å². The van der Waals surface area contributed by atoms with E-state index in [-0.39, 0.29) is 11.3 Å². The Bertz CT molecular complexity index is 1300. The van der Waals surface area contributed by atoms with Crippen LogP contribution in [0.4, 0.5) is 0 Å². The van der Waals surface area contributed by atoms with Gasteiger partial charge in [0.25, 0.3) is 11.7 Å². The Morgan fingerprint density at radius 2 is 1.94 bits per heavy atom. The number of carbonyl (C=O) groups excluding carboxylic acids is 2. The van der Waals surface area contributed by atoms with Gasteiger partial charge in [-0.2, -0.15) is 0 Å². The smallest absolute Gasteiger partial charge is 0.295 e. The molecule has 1 saturated heterocycles. The Morgan fingerprint density at radius 1 is 1.11 bits per heavy atom. The lowest BCUT2D eigenvalue weighted by Crippen LogP contribution is -2.31. The summed E-state index contributed by atoms with van der Waals surface area (Å²) in [5.41, 5.74) is 1.09. The molecule has 5 rings (SSSR count). The van der Waals surface area contributed by atoms with E-state index in [9.17, 15) is 14.7 Å². The van der Waals surface area contributed by atoms with Gasteiger partial charge in [0.15, 0.2) is 11.5 Å². The number of imidazole rings is 1. The Hall–Kier alpha value is -4.27. The molecule has 0 aliphatic carbocycles. The van der Waals surface area contributed by atoms with Gasteiger partial charge in [-0.15, -0.1) is 0 Å². The maximum Gasteiger partial charge on any atom is 0.295 e. The van der Waals surface area contributed by atoms with Gasteiger partial charge in [0.2, 0.25) is 0 Å². The number of fused-ring (bicyclic) bond motifs is 1. The third-order valence-corrected chi connectivity index (χ3v) is 6.21. The molecule has 0 radical (unpaired) electrons. The first kappa shape index (κ1) is 23.5. The fraction of sp³-hybridized carbons (Fsp3) is 0.296. The molecule has 1 fully saturated rings. The largest absolute Gasteiger partial charge is 0.507 e. The van der Waals surface area contributed by atoms with Crippen molar-refractivity contribution in [3.05, 3.63) is 77.9 Å². The van der Waals surface area contributed by atoms with Gasteiger partial charge in [0.05, 0.1) is 24.5 Å². The van der Waals surface area contributed by atoms with Crippen molar-refractivity contribution < 1.29 is 28.9 Å². The van der Waals surface area contributed by atoms with E-state index >= 15 is 0 Å². The summed E-state index contributed by atoms with van der Waals surface area (Å²) in [5, 5.41) is 11.3. The Balaban J connectivity index is 1.54. The average Bonchev–Trinajstić information content (AvgIpc) is 3.51. The van der Waals surface area contributed by atoms with Crippen LogP contribution in [0.3, 0.4) is 0 Å². The molecule has 36 heavy (non-hydrogen) atoms. The summed E-state index contributed by atoms with van der Waals surface area (Å²) in [5.74, 6) is 0.0458. The Labute approximate surface area is 208 Å². The third-order valence-electron chi connectivity index (χ3n) is 6.21. The Kier molecular flexibility index (Phi) is 6.62. The van der Waals surface area contributed by atoms with Crippen molar-refractivity contribution in [1.29, 1.82) is 0 Å². The SMILES string of the molecule is CCOc1cccc([C@H]2/C(=C(\O)c3ccc4c(c3)OCCO4)C(=O)C(=O)N2CCCn2ccnc2)c1. The normalized spacial score (nSPS) is 18.5. The minimum Gasteiger partial charge on any atom is -0.507 e. The number of Topliss-reactive ketones (excluding diaryl/α,β-unsaturated/α-hetero) is 1. The second kappa shape index (κ2) is 10.2. The molecule has 2 aromatic carbocycles. The predicted molar refractivity (Wildman–Crippen MR) is 131 cm³/mol. The second-order valence-electron chi connectivity index (χ2n) is 8.51. The molecular formula is C27H27N3O6. The van der Waals surface area contributed by atoms with Crippen molar-refractivity contribution in [3.63, 3.8) is 0 Å². The monoisotopic (exact) mass is 489 g/mol. The van der Waals surface area contributed by atoms with Crippen LogP contribution < -0.4 is 14.2 Å². The van der Waals surface area contributed by atoms with Crippen molar-refractivity contribution >= 4 is 17.4 Å². The number of aliphatic hydroxyl groups is 1. The van der Waals surface area contributed by atoms with E-state index < -0.39 is 17.7 Å². The highest BCUT2D eigenvalue weighted by atomic mass is 16.6. The van der Waals surface area contributed by atoms with Crippen LogP contribution in [-0.4, -0.2) is 57.6 Å². The topological polar surface area (TPSA) is 103 Å². The first-order valence-electron chi connectivity index (χ1n) is 11.9. The number of aliphatic hydroxyl groups excluding tert-OH is 1. The van der Waals surface area contributed by atoms with E-state index in [1.165, 1.54) is 4.90 Å². The predicted octanol–water partition coefficient (Wildman–Crippen LogP) is 3.57. The number of benzene rings is 2. The fourth-order valence-electron chi connectivity index (χ4n) is 4.59. The van der Waals surface area contributed by atoms with Crippen LogP contribution in [0.1, 0.15) is 30.5 Å². The number of ether oxygens (including phenoxy) is 3. The number of aromatic nitrogens is 2. The molecule has 9 nitrogen and oxygen atoms in total. The van der Waals surface area contributed by atoms with Crippen molar-refractivity contribution in [2.24, 2.45) is 0 Å². The van der Waals surface area contributed by atoms with Crippen LogP contribution in [0.5, 0.6) is 17.2 Å². The van der Waals surface area contributed by atoms with Crippen LogP contribution in [0.2, 0.25) is 0 Å². The second-order valence-corrected chi connectivity index (χ2v) is 8.51. The number of likely N-dealkylation sites (tertiary alicyclic amines) is 1. The molecular weight excluding hydrogens is 462 g/mol. The summed E-state index contributed by atoms with van der Waals surface area (Å²) in [6.07, 6.45) is 5.85. The lowest BCUT2D eigenvalue weighted by molar-refractivity contribution is -0.139. The van der Waals surface area contributed by atoms with Gasteiger partial charge in [-0.05, 0) is 49.2 Å². The summed E-state index contributed by atoms with van der Waals surface area (Å²) in [6.45, 7) is 4.16. The van der Waals surface area contributed by atoms with Crippen LogP contribution in [-0.2, 0) is 16.1 Å². The molecule has 0 spiro atoms. The molecule has 1 N–H and O–H groups in total. The van der Waals surface area contributed by atoms with Crippen LogP contribution in [0.15, 0.2) is 66.8 Å². The first-order chi connectivity index (χ1) is 17.6. The lowest BCUT2D eigenvalue weighted by atomic mass is 9.95. The first-order valence-corrected chi connectivity index (χ1v) is 11.9. The number of hydrogen-bond acceptors (Lipinski definition) is 7. The number of rotatable bonds is 8. The molecule has 1 aromatic heterocycles. The van der Waals surface area contributed by atoms with Crippen molar-refractivity contribution in [3.8, 4) is 17.2 Å². The van der Waals surface area contributed by atoms with Gasteiger partial charge in [-0.1, -0.05) is 12.1 Å². The van der Waals surface area contributed by atoms with E-state index in [0.717, 1.165) is 0 Å². The average molecular weight is 490 g/mol. The molecule has 0 bridgehead atoms. The number of ketones is 1. The number of aryl methyl sites for hydroxylation is 1. The van der Waals surface area contributed by atoms with Gasteiger partial charge in [-0.3, -0.25) is 9.59 Å². The summed E-state index contributed by atoms with van der Waals surface area (Å²) < 4.78 is 18.8. The summed E-state index contributed by atoms with van der Waals surface area (Å²) in [4.78, 5) is 32.1. The molecule has 3 aromatic rings. The van der Waals surface area contributed by atoms with E-state index in [0.29, 0.717) is 67.7 Å². The van der Waals surface area contributed by atoms with Gasteiger partial charge in [0, 0.05) is 31.0 Å². The number of nitrogens with zero attached hydrogens (tertiary/aromatic N) is 3. The summed E-state index contributed by atoms with van der Waals surface area (Å²) in [7, 11) is 0. The van der Waals surface area contributed by atoms with Gasteiger partial charge in [0.1, 0.15) is 24.7 Å². The van der Waals surface area contributed by atoms with Gasteiger partial charge in [-0.25, -0.2) is 4.98 Å². The van der Waals surface area contributed by atoms with Gasteiger partial charge >= 0.3 is 0 Å². The highest BCUT2D eigenvalue weighted by molar-refractivity contribution is 6.46. The summed E-state index contributed by atoms with van der Waals surface area (Å²) in [6, 6.07) is 11.5. The minimum atomic E-state index is -0.763. The molecule has 1 atom stereocenters. The molecule has 2 aliphatic rings. The number of carbonyl (C=O) groups is 2. The molecule has 0 saturated carbocycles. The quantitative estimate of drug-likeness (QED) is 0.293. The van der Waals surface area contributed by atoms with Crippen LogP contribution in [0.25, 0.3) is 5.76 Å². The number of hydrogen-bond donors (Lipinski definition) is 1. The zero-order chi connectivity index (χ0) is 25.1. The molecule has 9 heteroatoms. The van der Waals surface area contributed by atoms with E-state index in [1.807, 2.05) is 35.9 Å². The van der Waals surface area contributed by atoms with Crippen molar-refractivity contribution in [1.82, 2.24) is 14.5 Å². The standard InChI is InChI=1S/C27H27N3O6/c1-2-34-20-6-3-5-18(15-20)24-23(25(31)19-7-8-21-22(16-19)36-14-13-35-21)26(32)27(33)30(24)11-4-10-29-12-9-28-17-29/h3,5-9,12,15-17,24,31H,2,4,10-11,13-14H2,1H3/b25-23+/t24-/m0/s1. The van der Waals surface area contributed by atoms with E-state index in [2.05, 4.69) is 4.98 Å². The fourth-order valence-corrected chi connectivity index (χ4v) is 4.59. The van der Waals surface area contributed by atoms with Crippen LogP contribution in [0, 0.1) is 0 Å². The van der Waals surface area contributed by atoms with Crippen LogP contribution >= 0.6 is 0 Å².